The number of aromatic nitrogens is 2. The van der Waals surface area contributed by atoms with Crippen molar-refractivity contribution in [3.63, 3.8) is 0 Å². The Bertz CT molecular complexity index is 852. The zero-order valence-electron chi connectivity index (χ0n) is 18.6. The fraction of sp³-hybridized carbons (Fsp3) is 0.429. The summed E-state index contributed by atoms with van der Waals surface area (Å²) in [7, 11) is 0. The zero-order valence-corrected chi connectivity index (χ0v) is 19.4. The van der Waals surface area contributed by atoms with Gasteiger partial charge in [0.05, 0.1) is 17.7 Å². The Hall–Kier alpha value is -3.11. The molecular weight excluding hydrogens is 440 g/mol. The number of ether oxygens (including phenoxy) is 1. The van der Waals surface area contributed by atoms with Crippen LogP contribution in [0.4, 0.5) is 0 Å². The van der Waals surface area contributed by atoms with Crippen LogP contribution in [0.5, 0.6) is 5.75 Å². The van der Waals surface area contributed by atoms with Gasteiger partial charge in [0.1, 0.15) is 11.6 Å². The van der Waals surface area contributed by atoms with E-state index < -0.39 is 11.9 Å². The predicted molar refractivity (Wildman–Crippen MR) is 121 cm³/mol. The van der Waals surface area contributed by atoms with Crippen molar-refractivity contribution in [1.82, 2.24) is 15.3 Å². The fourth-order valence-corrected chi connectivity index (χ4v) is 2.48. The first kappa shape index (κ1) is 28.9. The lowest BCUT2D eigenvalue weighted by atomic mass is 10.1. The van der Waals surface area contributed by atoms with Crippen LogP contribution in [-0.4, -0.2) is 51.2 Å². The maximum absolute atomic E-state index is 12.4. The Labute approximate surface area is 192 Å². The number of nitrogens with two attached hydrogens (primary N) is 1. The number of rotatable bonds is 8. The van der Waals surface area contributed by atoms with Crippen molar-refractivity contribution >= 4 is 29.4 Å². The number of H-pyrrole nitrogens is 1. The molecule has 1 heterocycles. The molecule has 1 aromatic carbocycles. The van der Waals surface area contributed by atoms with E-state index in [0.29, 0.717) is 29.5 Å². The number of nitrogens with zero attached hydrogens (tertiary/aromatic N) is 1. The van der Waals surface area contributed by atoms with E-state index in [9.17, 15) is 4.79 Å². The highest BCUT2D eigenvalue weighted by Gasteiger charge is 2.17. The SMILES string of the molecule is CC(=O)O.CC(=O)O.CCC(NC(=O)c1ccc(OCCCN)c(Cl)c1)c1ncc(C)[nH]1. The maximum Gasteiger partial charge on any atom is 0.300 e. The van der Waals surface area contributed by atoms with Crippen LogP contribution in [0.3, 0.4) is 0 Å². The maximum atomic E-state index is 12.4. The van der Waals surface area contributed by atoms with Crippen molar-refractivity contribution < 1.29 is 29.3 Å². The van der Waals surface area contributed by atoms with Crippen LogP contribution < -0.4 is 15.8 Å². The molecule has 0 aliphatic heterocycles. The molecule has 0 saturated heterocycles. The monoisotopic (exact) mass is 470 g/mol. The lowest BCUT2D eigenvalue weighted by Gasteiger charge is -2.15. The van der Waals surface area contributed by atoms with Gasteiger partial charge >= 0.3 is 0 Å². The molecule has 1 unspecified atom stereocenters. The Balaban J connectivity index is 0.00000104. The minimum atomic E-state index is -0.833. The first-order valence-corrected chi connectivity index (χ1v) is 10.2. The first-order valence-electron chi connectivity index (χ1n) is 9.85. The molecule has 0 radical (unpaired) electrons. The van der Waals surface area contributed by atoms with Crippen molar-refractivity contribution in [1.29, 1.82) is 0 Å². The van der Waals surface area contributed by atoms with Crippen LogP contribution >= 0.6 is 11.6 Å². The van der Waals surface area contributed by atoms with Gasteiger partial charge in [0.2, 0.25) is 0 Å². The average Bonchev–Trinajstić information content (AvgIpc) is 3.12. The van der Waals surface area contributed by atoms with Crippen LogP contribution in [0.2, 0.25) is 5.02 Å². The molecule has 2 rings (SSSR count). The number of carboxylic acid groups (broad SMARTS) is 2. The highest BCUT2D eigenvalue weighted by Crippen LogP contribution is 2.26. The summed E-state index contributed by atoms with van der Waals surface area (Å²) >= 11 is 6.19. The van der Waals surface area contributed by atoms with Crippen molar-refractivity contribution in [2.75, 3.05) is 13.2 Å². The molecule has 1 atom stereocenters. The number of halogens is 1. The molecule has 0 aliphatic carbocycles. The summed E-state index contributed by atoms with van der Waals surface area (Å²) in [6.45, 7) is 7.14. The number of aliphatic carboxylic acids is 2. The van der Waals surface area contributed by atoms with Gasteiger partial charge in [0, 0.05) is 31.3 Å². The topological polar surface area (TPSA) is 168 Å². The molecule has 0 fully saturated rings. The van der Waals surface area contributed by atoms with Crippen LogP contribution in [0.25, 0.3) is 0 Å². The van der Waals surface area contributed by atoms with Crippen molar-refractivity contribution in [2.45, 2.75) is 46.6 Å². The smallest absolute Gasteiger partial charge is 0.300 e. The number of benzene rings is 1. The van der Waals surface area contributed by atoms with E-state index in [1.165, 1.54) is 0 Å². The zero-order chi connectivity index (χ0) is 24.7. The number of nitrogens with one attached hydrogen (secondary N) is 2. The number of aromatic amines is 1. The number of aryl methyl sites for hydroxylation is 1. The van der Waals surface area contributed by atoms with Gasteiger partial charge in [-0.3, -0.25) is 14.4 Å². The Morgan fingerprint density at radius 1 is 1.25 bits per heavy atom. The molecular formula is C21H31ClN4O6. The quantitative estimate of drug-likeness (QED) is 0.366. The summed E-state index contributed by atoms with van der Waals surface area (Å²) in [5.41, 5.74) is 6.87. The molecule has 0 saturated carbocycles. The van der Waals surface area contributed by atoms with Gasteiger partial charge in [-0.15, -0.1) is 0 Å². The lowest BCUT2D eigenvalue weighted by molar-refractivity contribution is -0.135. The Kier molecular flexibility index (Phi) is 14.1. The normalized spacial score (nSPS) is 10.6. The van der Waals surface area contributed by atoms with Crippen LogP contribution in [-0.2, 0) is 9.59 Å². The van der Waals surface area contributed by atoms with Gasteiger partial charge in [-0.1, -0.05) is 18.5 Å². The molecule has 11 heteroatoms. The highest BCUT2D eigenvalue weighted by atomic mass is 35.5. The minimum absolute atomic E-state index is 0.176. The molecule has 178 valence electrons. The third kappa shape index (κ3) is 12.6. The van der Waals surface area contributed by atoms with E-state index in [2.05, 4.69) is 15.3 Å². The second-order valence-corrected chi connectivity index (χ2v) is 6.97. The number of carbonyl (C=O) groups is 3. The van der Waals surface area contributed by atoms with E-state index in [0.717, 1.165) is 38.2 Å². The van der Waals surface area contributed by atoms with E-state index in [1.807, 2.05) is 13.8 Å². The Morgan fingerprint density at radius 3 is 2.28 bits per heavy atom. The lowest BCUT2D eigenvalue weighted by Crippen LogP contribution is -2.28. The van der Waals surface area contributed by atoms with Crippen molar-refractivity contribution in [3.05, 3.63) is 46.5 Å². The van der Waals surface area contributed by atoms with E-state index >= 15 is 0 Å². The van der Waals surface area contributed by atoms with Gasteiger partial charge in [-0.05, 0) is 44.5 Å². The number of hydrogen-bond acceptors (Lipinski definition) is 6. The van der Waals surface area contributed by atoms with Gasteiger partial charge in [0.25, 0.3) is 17.8 Å². The second-order valence-electron chi connectivity index (χ2n) is 6.56. The van der Waals surface area contributed by atoms with Gasteiger partial charge in [-0.25, -0.2) is 4.98 Å². The molecule has 32 heavy (non-hydrogen) atoms. The molecule has 0 spiro atoms. The summed E-state index contributed by atoms with van der Waals surface area (Å²) in [6, 6.07) is 4.82. The molecule has 0 aliphatic rings. The summed E-state index contributed by atoms with van der Waals surface area (Å²) in [5, 5.41) is 18.2. The van der Waals surface area contributed by atoms with Crippen molar-refractivity contribution in [3.8, 4) is 5.75 Å². The third-order valence-electron chi connectivity index (χ3n) is 3.57. The average molecular weight is 471 g/mol. The summed E-state index contributed by atoms with van der Waals surface area (Å²) in [5.74, 6) is -0.571. The number of carboxylic acids is 2. The largest absolute Gasteiger partial charge is 0.492 e. The summed E-state index contributed by atoms with van der Waals surface area (Å²) in [4.78, 5) is 37.9. The fourth-order valence-electron chi connectivity index (χ4n) is 2.24. The van der Waals surface area contributed by atoms with Gasteiger partial charge in [0.15, 0.2) is 0 Å². The van der Waals surface area contributed by atoms with E-state index in [1.54, 1.807) is 24.4 Å². The Morgan fingerprint density at radius 2 is 1.84 bits per heavy atom. The van der Waals surface area contributed by atoms with Crippen LogP contribution in [0.15, 0.2) is 24.4 Å². The van der Waals surface area contributed by atoms with Crippen LogP contribution in [0.1, 0.15) is 61.5 Å². The number of hydrogen-bond donors (Lipinski definition) is 5. The summed E-state index contributed by atoms with van der Waals surface area (Å²) < 4.78 is 5.53. The minimum Gasteiger partial charge on any atom is -0.492 e. The van der Waals surface area contributed by atoms with Crippen LogP contribution in [0, 0.1) is 6.92 Å². The van der Waals surface area contributed by atoms with Crippen molar-refractivity contribution in [2.24, 2.45) is 5.73 Å². The van der Waals surface area contributed by atoms with E-state index in [-0.39, 0.29) is 11.9 Å². The number of imidazole rings is 1. The summed E-state index contributed by atoms with van der Waals surface area (Å²) in [6.07, 6.45) is 3.22. The standard InChI is InChI=1S/C17H23ClN4O2.2C2H4O2/c1-3-14(16-20-10-11(2)21-16)22-17(23)12-5-6-15(13(18)9-12)24-8-4-7-19;2*1-2(3)4/h5-6,9-10,14H,3-4,7-8,19H2,1-2H3,(H,20,21)(H,22,23);2*1H3,(H,3,4). The van der Waals surface area contributed by atoms with Gasteiger partial charge < -0.3 is 31.0 Å². The molecule has 1 amide bonds. The highest BCUT2D eigenvalue weighted by molar-refractivity contribution is 6.32. The third-order valence-corrected chi connectivity index (χ3v) is 3.86. The number of carbonyl (C=O) groups excluding carboxylic acids is 1. The van der Waals surface area contributed by atoms with Gasteiger partial charge in [-0.2, -0.15) is 0 Å². The molecule has 1 aromatic heterocycles. The molecule has 2 aromatic rings. The van der Waals surface area contributed by atoms with E-state index in [4.69, 9.17) is 41.9 Å². The first-order chi connectivity index (χ1) is 15.0. The second kappa shape index (κ2) is 15.7. The number of amides is 1. The predicted octanol–water partition coefficient (Wildman–Crippen LogP) is 3.16. The molecule has 6 N–H and O–H groups in total. The molecule has 0 bridgehead atoms. The molecule has 10 nitrogen and oxygen atoms in total.